The van der Waals surface area contributed by atoms with Crippen LogP contribution in [0.2, 0.25) is 0 Å². The summed E-state index contributed by atoms with van der Waals surface area (Å²) in [5.41, 5.74) is 0.689. The molecule has 1 aromatic heterocycles. The van der Waals surface area contributed by atoms with Gasteiger partial charge in [-0.25, -0.2) is 9.37 Å². The van der Waals surface area contributed by atoms with E-state index in [1.165, 1.54) is 6.07 Å². The van der Waals surface area contributed by atoms with Crippen molar-refractivity contribution in [3.63, 3.8) is 0 Å². The van der Waals surface area contributed by atoms with E-state index in [4.69, 9.17) is 0 Å². The van der Waals surface area contributed by atoms with E-state index in [1.807, 2.05) is 13.0 Å². The van der Waals surface area contributed by atoms with Gasteiger partial charge in [0.25, 0.3) is 0 Å². The number of benzene rings is 1. The fourth-order valence-corrected chi connectivity index (χ4v) is 2.96. The molecule has 2 N–H and O–H groups in total. The first kappa shape index (κ1) is 15.9. The lowest BCUT2D eigenvalue weighted by Gasteiger charge is -2.29. The van der Waals surface area contributed by atoms with E-state index in [0.717, 1.165) is 24.8 Å². The monoisotopic (exact) mass is 319 g/mol. The van der Waals surface area contributed by atoms with Crippen LogP contribution in [0.5, 0.6) is 0 Å². The highest BCUT2D eigenvalue weighted by Gasteiger charge is 2.28. The number of nitrogens with one attached hydrogen (secondary N) is 1. The number of carbonyl (C=O) groups excluding carboxylic acids is 1. The minimum absolute atomic E-state index is 0.0393. The van der Waals surface area contributed by atoms with Crippen LogP contribution in [0, 0.1) is 12.7 Å². The Morgan fingerprint density at radius 1 is 1.48 bits per heavy atom. The number of hydrogen-bond acceptors (Lipinski definition) is 3. The van der Waals surface area contributed by atoms with Crippen molar-refractivity contribution >= 4 is 22.9 Å². The fraction of sp³-hybridized carbons (Fsp3) is 0.529. The molecular formula is C17H22FN3O2. The Balaban J connectivity index is 2.02. The Labute approximate surface area is 134 Å². The normalized spacial score (nSPS) is 15.7. The minimum atomic E-state index is -1.10. The zero-order chi connectivity index (χ0) is 16.8. The molecule has 1 amide bonds. The van der Waals surface area contributed by atoms with Crippen LogP contribution in [-0.4, -0.2) is 26.2 Å². The van der Waals surface area contributed by atoms with Crippen molar-refractivity contribution in [1.29, 1.82) is 0 Å². The molecule has 0 bridgehead atoms. The molecule has 0 unspecified atom stereocenters. The lowest BCUT2D eigenvalue weighted by Crippen LogP contribution is -2.29. The first-order valence-electron chi connectivity index (χ1n) is 7.95. The van der Waals surface area contributed by atoms with Crippen molar-refractivity contribution in [3.05, 3.63) is 23.5 Å². The van der Waals surface area contributed by atoms with Gasteiger partial charge >= 0.3 is 0 Å². The van der Waals surface area contributed by atoms with Crippen LogP contribution in [0.1, 0.15) is 51.1 Å². The maximum absolute atomic E-state index is 14.4. The largest absolute Gasteiger partial charge is 0.390 e. The molecule has 3 rings (SSSR count). The highest BCUT2D eigenvalue weighted by atomic mass is 19.1. The van der Waals surface area contributed by atoms with E-state index in [2.05, 4.69) is 10.3 Å². The molecule has 1 fully saturated rings. The van der Waals surface area contributed by atoms with Crippen molar-refractivity contribution in [2.75, 3.05) is 5.32 Å². The van der Waals surface area contributed by atoms with Gasteiger partial charge in [-0.1, -0.05) is 0 Å². The average molecular weight is 319 g/mol. The topological polar surface area (TPSA) is 67.2 Å². The molecule has 0 spiro atoms. The van der Waals surface area contributed by atoms with Crippen molar-refractivity contribution < 1.29 is 14.3 Å². The van der Waals surface area contributed by atoms with Gasteiger partial charge in [0, 0.05) is 6.04 Å². The number of halogens is 1. The number of aliphatic hydroxyl groups is 1. The molecule has 1 heterocycles. The highest BCUT2D eigenvalue weighted by molar-refractivity contribution is 5.92. The number of aromatic nitrogens is 2. The van der Waals surface area contributed by atoms with Gasteiger partial charge in [0.2, 0.25) is 11.9 Å². The Morgan fingerprint density at radius 3 is 2.74 bits per heavy atom. The van der Waals surface area contributed by atoms with E-state index in [9.17, 15) is 14.3 Å². The molecule has 0 aliphatic heterocycles. The van der Waals surface area contributed by atoms with E-state index >= 15 is 0 Å². The molecule has 124 valence electrons. The summed E-state index contributed by atoms with van der Waals surface area (Å²) in [6.07, 6.45) is 2.96. The second-order valence-corrected chi connectivity index (χ2v) is 7.04. The van der Waals surface area contributed by atoms with Crippen LogP contribution in [0.25, 0.3) is 11.0 Å². The van der Waals surface area contributed by atoms with Gasteiger partial charge in [-0.15, -0.1) is 0 Å². The van der Waals surface area contributed by atoms with E-state index in [-0.39, 0.29) is 24.2 Å². The summed E-state index contributed by atoms with van der Waals surface area (Å²) < 4.78 is 16.2. The number of amides is 1. The lowest BCUT2D eigenvalue weighted by atomic mass is 9.92. The van der Waals surface area contributed by atoms with Gasteiger partial charge in [-0.05, 0) is 57.7 Å². The summed E-state index contributed by atoms with van der Waals surface area (Å²) in [4.78, 5) is 16.5. The summed E-state index contributed by atoms with van der Waals surface area (Å²) in [7, 11) is 0. The third-order valence-corrected chi connectivity index (χ3v) is 4.17. The van der Waals surface area contributed by atoms with E-state index < -0.39 is 5.60 Å². The lowest BCUT2D eigenvalue weighted by molar-refractivity contribution is -0.119. The van der Waals surface area contributed by atoms with Gasteiger partial charge in [-0.2, -0.15) is 0 Å². The predicted molar refractivity (Wildman–Crippen MR) is 86.9 cm³/mol. The molecule has 0 atom stereocenters. The molecular weight excluding hydrogens is 297 g/mol. The molecule has 0 radical (unpaired) electrons. The molecule has 0 saturated heterocycles. The third-order valence-electron chi connectivity index (χ3n) is 4.17. The molecule has 1 aromatic carbocycles. The first-order chi connectivity index (χ1) is 10.7. The maximum atomic E-state index is 14.4. The Hall–Kier alpha value is -1.95. The van der Waals surface area contributed by atoms with Gasteiger partial charge < -0.3 is 9.67 Å². The molecule has 1 aliphatic carbocycles. The average Bonchev–Trinajstić information content (AvgIpc) is 2.62. The smallest absolute Gasteiger partial charge is 0.229 e. The molecule has 23 heavy (non-hydrogen) atoms. The zero-order valence-corrected chi connectivity index (χ0v) is 13.7. The van der Waals surface area contributed by atoms with Crippen LogP contribution in [0.15, 0.2) is 12.1 Å². The standard InChI is InChI=1S/C17H22FN3O2/c1-10-7-12(18)15-13(8-10)19-16(21(15)11-5-4-6-11)20-14(22)9-17(2,3)23/h7-8,11,23H,4-6,9H2,1-3H3,(H,19,20,22). The predicted octanol–water partition coefficient (Wildman–Crippen LogP) is 3.31. The van der Waals surface area contributed by atoms with Crippen LogP contribution >= 0.6 is 0 Å². The summed E-state index contributed by atoms with van der Waals surface area (Å²) in [5, 5.41) is 12.5. The number of carbonyl (C=O) groups is 1. The Bertz CT molecular complexity index is 757. The molecule has 1 aliphatic rings. The minimum Gasteiger partial charge on any atom is -0.390 e. The van der Waals surface area contributed by atoms with Crippen molar-refractivity contribution in [2.45, 2.75) is 58.1 Å². The number of aryl methyl sites for hydroxylation is 1. The van der Waals surface area contributed by atoms with Gasteiger partial charge in [0.15, 0.2) is 0 Å². The molecule has 1 saturated carbocycles. The van der Waals surface area contributed by atoms with Crippen LogP contribution in [0.4, 0.5) is 10.3 Å². The number of nitrogens with zero attached hydrogens (tertiary/aromatic N) is 2. The molecule has 6 heteroatoms. The second kappa shape index (κ2) is 5.60. The Morgan fingerprint density at radius 2 is 2.17 bits per heavy atom. The zero-order valence-electron chi connectivity index (χ0n) is 13.7. The van der Waals surface area contributed by atoms with Crippen LogP contribution in [-0.2, 0) is 4.79 Å². The van der Waals surface area contributed by atoms with E-state index in [0.29, 0.717) is 17.0 Å². The number of rotatable bonds is 4. The number of hydrogen-bond donors (Lipinski definition) is 2. The number of anilines is 1. The SMILES string of the molecule is Cc1cc(F)c2c(c1)nc(NC(=O)CC(C)(C)O)n2C1CCC1. The van der Waals surface area contributed by atoms with Gasteiger partial charge in [0.05, 0.1) is 17.5 Å². The van der Waals surface area contributed by atoms with Gasteiger partial charge in [-0.3, -0.25) is 10.1 Å². The Kier molecular flexibility index (Phi) is 3.88. The van der Waals surface area contributed by atoms with Crippen molar-refractivity contribution in [1.82, 2.24) is 9.55 Å². The number of imidazole rings is 1. The number of fused-ring (bicyclic) bond motifs is 1. The molecule has 5 nitrogen and oxygen atoms in total. The first-order valence-corrected chi connectivity index (χ1v) is 7.95. The maximum Gasteiger partial charge on any atom is 0.229 e. The second-order valence-electron chi connectivity index (χ2n) is 7.04. The fourth-order valence-electron chi connectivity index (χ4n) is 2.96. The van der Waals surface area contributed by atoms with E-state index in [1.54, 1.807) is 18.4 Å². The van der Waals surface area contributed by atoms with Crippen LogP contribution in [0.3, 0.4) is 0 Å². The quantitative estimate of drug-likeness (QED) is 0.908. The third kappa shape index (κ3) is 3.22. The summed E-state index contributed by atoms with van der Waals surface area (Å²) in [6, 6.07) is 3.47. The summed E-state index contributed by atoms with van der Waals surface area (Å²) in [5.74, 6) is -0.281. The van der Waals surface area contributed by atoms with Crippen molar-refractivity contribution in [2.24, 2.45) is 0 Å². The van der Waals surface area contributed by atoms with Crippen LogP contribution < -0.4 is 5.32 Å². The summed E-state index contributed by atoms with van der Waals surface area (Å²) in [6.45, 7) is 4.96. The van der Waals surface area contributed by atoms with Crippen molar-refractivity contribution in [3.8, 4) is 0 Å². The van der Waals surface area contributed by atoms with Gasteiger partial charge in [0.1, 0.15) is 11.3 Å². The molecule has 2 aromatic rings. The highest BCUT2D eigenvalue weighted by Crippen LogP contribution is 2.38. The summed E-state index contributed by atoms with van der Waals surface area (Å²) >= 11 is 0.